The second-order valence-corrected chi connectivity index (χ2v) is 5.77. The van der Waals surface area contributed by atoms with Crippen molar-refractivity contribution in [2.45, 2.75) is 12.5 Å². The summed E-state index contributed by atoms with van der Waals surface area (Å²) in [5.74, 6) is 0.638. The van der Waals surface area contributed by atoms with Crippen LogP contribution in [0.5, 0.6) is 0 Å². The molecule has 1 unspecified atom stereocenters. The maximum Gasteiger partial charge on any atom is 0.404 e. The van der Waals surface area contributed by atoms with Crippen LogP contribution in [0, 0.1) is 0 Å². The highest BCUT2D eigenvalue weighted by Gasteiger charge is 2.27. The van der Waals surface area contributed by atoms with Gasteiger partial charge in [-0.2, -0.15) is 0 Å². The topological polar surface area (TPSA) is 109 Å². The van der Waals surface area contributed by atoms with E-state index in [-0.39, 0.29) is 6.04 Å². The summed E-state index contributed by atoms with van der Waals surface area (Å²) >= 11 is 6.00. The van der Waals surface area contributed by atoms with Gasteiger partial charge in [0.1, 0.15) is 6.33 Å². The SMILES string of the molecule is O=C(O)NC1CCN(c2nc3ncc(Cl)cc3n3cnnc23)C1. The molecular weight excluding hydrogens is 322 g/mol. The molecule has 2 N–H and O–H groups in total. The van der Waals surface area contributed by atoms with E-state index in [0.29, 0.717) is 41.6 Å². The minimum absolute atomic E-state index is 0.133. The summed E-state index contributed by atoms with van der Waals surface area (Å²) < 4.78 is 1.79. The quantitative estimate of drug-likeness (QED) is 0.724. The number of halogens is 1. The average Bonchev–Trinajstić information content (AvgIpc) is 3.15. The highest BCUT2D eigenvalue weighted by atomic mass is 35.5. The predicted octanol–water partition coefficient (Wildman–Crippen LogP) is 1.17. The second kappa shape index (κ2) is 5.20. The lowest BCUT2D eigenvalue weighted by atomic mass is 10.3. The van der Waals surface area contributed by atoms with Crippen LogP contribution in [-0.2, 0) is 0 Å². The zero-order valence-electron chi connectivity index (χ0n) is 11.8. The van der Waals surface area contributed by atoms with Crippen LogP contribution in [-0.4, -0.2) is 54.9 Å². The first-order chi connectivity index (χ1) is 11.1. The van der Waals surface area contributed by atoms with E-state index in [9.17, 15) is 4.79 Å². The molecule has 0 spiro atoms. The van der Waals surface area contributed by atoms with Crippen molar-refractivity contribution in [2.24, 2.45) is 0 Å². The van der Waals surface area contributed by atoms with Gasteiger partial charge in [0.05, 0.1) is 16.6 Å². The van der Waals surface area contributed by atoms with Crippen molar-refractivity contribution >= 4 is 40.3 Å². The maximum atomic E-state index is 10.8. The molecule has 1 aliphatic heterocycles. The van der Waals surface area contributed by atoms with E-state index in [0.717, 1.165) is 5.52 Å². The number of rotatable bonds is 2. The zero-order chi connectivity index (χ0) is 16.0. The lowest BCUT2D eigenvalue weighted by Gasteiger charge is -2.18. The largest absolute Gasteiger partial charge is 0.465 e. The van der Waals surface area contributed by atoms with Gasteiger partial charge in [0, 0.05) is 19.3 Å². The van der Waals surface area contributed by atoms with Gasteiger partial charge in [-0.15, -0.1) is 10.2 Å². The number of hydrogen-bond acceptors (Lipinski definition) is 6. The van der Waals surface area contributed by atoms with Crippen LogP contribution in [0.15, 0.2) is 18.6 Å². The van der Waals surface area contributed by atoms with Crippen LogP contribution in [0.25, 0.3) is 16.8 Å². The van der Waals surface area contributed by atoms with Crippen molar-refractivity contribution < 1.29 is 9.90 Å². The molecule has 0 radical (unpaired) electrons. The van der Waals surface area contributed by atoms with Crippen LogP contribution in [0.2, 0.25) is 5.02 Å². The standard InChI is InChI=1S/C13H12ClN7O2/c14-7-3-9-10(15-4-7)18-11(12-19-16-6-21(9)12)20-2-1-8(5-20)17-13(22)23/h3-4,6,8,17H,1-2,5H2,(H,22,23). The number of carboxylic acid groups (broad SMARTS) is 1. The molecule has 0 aromatic carbocycles. The number of anilines is 1. The molecular formula is C13H12ClN7O2. The summed E-state index contributed by atoms with van der Waals surface area (Å²) in [6, 6.07) is 1.63. The van der Waals surface area contributed by atoms with Crippen molar-refractivity contribution in [3.63, 3.8) is 0 Å². The van der Waals surface area contributed by atoms with E-state index in [1.165, 1.54) is 6.20 Å². The summed E-state index contributed by atoms with van der Waals surface area (Å²) in [5, 5.41) is 19.9. The van der Waals surface area contributed by atoms with Gasteiger partial charge < -0.3 is 15.3 Å². The molecule has 10 heteroatoms. The minimum Gasteiger partial charge on any atom is -0.465 e. The number of aromatic nitrogens is 5. The van der Waals surface area contributed by atoms with Crippen LogP contribution < -0.4 is 10.2 Å². The number of nitrogens with zero attached hydrogens (tertiary/aromatic N) is 6. The molecule has 0 bridgehead atoms. The lowest BCUT2D eigenvalue weighted by Crippen LogP contribution is -2.36. The first kappa shape index (κ1) is 13.9. The number of amides is 1. The fourth-order valence-corrected chi connectivity index (χ4v) is 3.01. The van der Waals surface area contributed by atoms with Crippen molar-refractivity contribution in [1.29, 1.82) is 0 Å². The van der Waals surface area contributed by atoms with Crippen molar-refractivity contribution in [1.82, 2.24) is 29.9 Å². The summed E-state index contributed by atoms with van der Waals surface area (Å²) in [7, 11) is 0. The van der Waals surface area contributed by atoms with Gasteiger partial charge in [0.25, 0.3) is 0 Å². The third-order valence-corrected chi connectivity index (χ3v) is 4.06. The van der Waals surface area contributed by atoms with Crippen LogP contribution in [0.3, 0.4) is 0 Å². The third-order valence-electron chi connectivity index (χ3n) is 3.85. The van der Waals surface area contributed by atoms with Crippen molar-refractivity contribution in [2.75, 3.05) is 18.0 Å². The monoisotopic (exact) mass is 333 g/mol. The Hall–Kier alpha value is -2.68. The zero-order valence-corrected chi connectivity index (χ0v) is 12.6. The summed E-state index contributed by atoms with van der Waals surface area (Å²) in [6.07, 6.45) is 2.81. The molecule has 9 nitrogen and oxygen atoms in total. The van der Waals surface area contributed by atoms with E-state index in [1.54, 1.807) is 16.8 Å². The molecule has 4 rings (SSSR count). The highest BCUT2D eigenvalue weighted by Crippen LogP contribution is 2.26. The van der Waals surface area contributed by atoms with Gasteiger partial charge in [-0.05, 0) is 12.5 Å². The Kier molecular flexibility index (Phi) is 3.15. The molecule has 23 heavy (non-hydrogen) atoms. The molecule has 1 fully saturated rings. The lowest BCUT2D eigenvalue weighted by molar-refractivity contribution is 0.191. The Balaban J connectivity index is 1.79. The molecule has 0 aliphatic carbocycles. The smallest absolute Gasteiger partial charge is 0.404 e. The van der Waals surface area contributed by atoms with Gasteiger partial charge in [-0.25, -0.2) is 14.8 Å². The van der Waals surface area contributed by atoms with Crippen molar-refractivity contribution in [3.05, 3.63) is 23.6 Å². The Morgan fingerprint density at radius 2 is 2.35 bits per heavy atom. The number of pyridine rings is 1. The number of carbonyl (C=O) groups is 1. The Labute approximate surface area is 134 Å². The average molecular weight is 334 g/mol. The normalized spacial score (nSPS) is 18.0. The summed E-state index contributed by atoms with van der Waals surface area (Å²) in [4.78, 5) is 21.6. The van der Waals surface area contributed by atoms with E-state index in [1.807, 2.05) is 4.90 Å². The van der Waals surface area contributed by atoms with Gasteiger partial charge in [-0.3, -0.25) is 4.40 Å². The molecule has 0 saturated carbocycles. The molecule has 118 valence electrons. The van der Waals surface area contributed by atoms with E-state index < -0.39 is 6.09 Å². The highest BCUT2D eigenvalue weighted by molar-refractivity contribution is 6.31. The van der Waals surface area contributed by atoms with Gasteiger partial charge in [0.2, 0.25) is 5.65 Å². The summed E-state index contributed by atoms with van der Waals surface area (Å²) in [6.45, 7) is 1.21. The third kappa shape index (κ3) is 2.38. The Morgan fingerprint density at radius 3 is 3.17 bits per heavy atom. The van der Waals surface area contributed by atoms with E-state index >= 15 is 0 Å². The predicted molar refractivity (Wildman–Crippen MR) is 82.9 cm³/mol. The minimum atomic E-state index is -1.02. The number of nitrogens with one attached hydrogen (secondary N) is 1. The Morgan fingerprint density at radius 1 is 1.48 bits per heavy atom. The molecule has 4 heterocycles. The molecule has 3 aromatic heterocycles. The Bertz CT molecular complexity index is 912. The van der Waals surface area contributed by atoms with Crippen LogP contribution >= 0.6 is 11.6 Å². The number of hydrogen-bond donors (Lipinski definition) is 2. The molecule has 1 amide bonds. The van der Waals surface area contributed by atoms with Crippen molar-refractivity contribution in [3.8, 4) is 0 Å². The van der Waals surface area contributed by atoms with Gasteiger partial charge >= 0.3 is 6.09 Å². The molecule has 3 aromatic rings. The van der Waals surface area contributed by atoms with Gasteiger partial charge in [0.15, 0.2) is 11.5 Å². The van der Waals surface area contributed by atoms with Gasteiger partial charge in [-0.1, -0.05) is 11.6 Å². The first-order valence-corrected chi connectivity index (χ1v) is 7.39. The maximum absolute atomic E-state index is 10.8. The molecule has 1 atom stereocenters. The second-order valence-electron chi connectivity index (χ2n) is 5.34. The number of fused-ring (bicyclic) bond motifs is 3. The fourth-order valence-electron chi connectivity index (χ4n) is 2.86. The molecule has 1 aliphatic rings. The fraction of sp³-hybridized carbons (Fsp3) is 0.308. The molecule has 1 saturated heterocycles. The van der Waals surface area contributed by atoms with E-state index in [4.69, 9.17) is 16.7 Å². The van der Waals surface area contributed by atoms with E-state index in [2.05, 4.69) is 25.5 Å². The van der Waals surface area contributed by atoms with Crippen LogP contribution in [0.1, 0.15) is 6.42 Å². The summed E-state index contributed by atoms with van der Waals surface area (Å²) in [5.41, 5.74) is 1.85. The first-order valence-electron chi connectivity index (χ1n) is 7.01. The van der Waals surface area contributed by atoms with Crippen LogP contribution in [0.4, 0.5) is 10.6 Å².